The zero-order valence-electron chi connectivity index (χ0n) is 10.5. The molecule has 0 aliphatic rings. The summed E-state index contributed by atoms with van der Waals surface area (Å²) in [5, 5.41) is 0. The zero-order chi connectivity index (χ0) is 12.9. The summed E-state index contributed by atoms with van der Waals surface area (Å²) < 4.78 is 27.9. The minimum Gasteiger partial charge on any atom is -0.199 e. The van der Waals surface area contributed by atoms with Gasteiger partial charge in [-0.3, -0.25) is 0 Å². The van der Waals surface area contributed by atoms with Crippen molar-refractivity contribution in [2.24, 2.45) is 3.77 Å². The quantitative estimate of drug-likeness (QED) is 0.828. The van der Waals surface area contributed by atoms with E-state index in [0.29, 0.717) is 4.90 Å². The first-order valence-corrected chi connectivity index (χ1v) is 8.83. The predicted octanol–water partition coefficient (Wildman–Crippen LogP) is 2.92. The van der Waals surface area contributed by atoms with Crippen molar-refractivity contribution in [3.8, 4) is 0 Å². The maximum atomic E-state index is 12.0. The van der Waals surface area contributed by atoms with Gasteiger partial charge in [-0.15, -0.1) is 3.77 Å². The molecule has 0 spiro atoms. The number of hydrogen-bond donors (Lipinski definition) is 0. The van der Waals surface area contributed by atoms with E-state index in [9.17, 15) is 8.42 Å². The Morgan fingerprint density at radius 2 is 1.82 bits per heavy atom. The van der Waals surface area contributed by atoms with Crippen LogP contribution in [0.2, 0.25) is 0 Å². The van der Waals surface area contributed by atoms with Crippen LogP contribution in [0.4, 0.5) is 0 Å². The van der Waals surface area contributed by atoms with Crippen molar-refractivity contribution in [2.45, 2.75) is 31.6 Å². The lowest BCUT2D eigenvalue weighted by molar-refractivity contribution is 0.598. The predicted molar refractivity (Wildman–Crippen MR) is 73.9 cm³/mol. The number of nitrogens with zero attached hydrogens (tertiary/aromatic N) is 1. The van der Waals surface area contributed by atoms with Gasteiger partial charge in [-0.2, -0.15) is 8.42 Å². The Balaban J connectivity index is 2.92. The SMILES string of the molecule is CCCC[S@](C)=NS(=O)(=O)c1ccc(C)cc1. The van der Waals surface area contributed by atoms with Gasteiger partial charge in [0.15, 0.2) is 0 Å². The zero-order valence-corrected chi connectivity index (χ0v) is 12.1. The fourth-order valence-electron chi connectivity index (χ4n) is 1.31. The summed E-state index contributed by atoms with van der Waals surface area (Å²) in [7, 11) is -3.88. The first-order chi connectivity index (χ1) is 7.95. The average Bonchev–Trinajstić information content (AvgIpc) is 2.26. The molecule has 0 aromatic heterocycles. The fourth-order valence-corrected chi connectivity index (χ4v) is 4.48. The molecule has 3 nitrogen and oxygen atoms in total. The summed E-state index contributed by atoms with van der Waals surface area (Å²) in [5.41, 5.74) is 1.05. The van der Waals surface area contributed by atoms with Crippen molar-refractivity contribution in [2.75, 3.05) is 12.0 Å². The van der Waals surface area contributed by atoms with Crippen LogP contribution in [0.1, 0.15) is 25.3 Å². The highest BCUT2D eigenvalue weighted by Crippen LogP contribution is 2.14. The van der Waals surface area contributed by atoms with E-state index in [4.69, 9.17) is 0 Å². The maximum absolute atomic E-state index is 12.0. The van der Waals surface area contributed by atoms with Crippen LogP contribution in [0.15, 0.2) is 32.9 Å². The van der Waals surface area contributed by atoms with E-state index in [-0.39, 0.29) is 0 Å². The molecule has 0 bridgehead atoms. The summed E-state index contributed by atoms with van der Waals surface area (Å²) in [6, 6.07) is 6.82. The van der Waals surface area contributed by atoms with Crippen molar-refractivity contribution < 1.29 is 8.42 Å². The van der Waals surface area contributed by atoms with Gasteiger partial charge in [-0.1, -0.05) is 41.7 Å². The van der Waals surface area contributed by atoms with Gasteiger partial charge in [-0.25, -0.2) is 0 Å². The highest BCUT2D eigenvalue weighted by Gasteiger charge is 2.12. The molecular formula is C12H19NO2S2. The molecular weight excluding hydrogens is 254 g/mol. The van der Waals surface area contributed by atoms with E-state index in [1.54, 1.807) is 24.3 Å². The third-order valence-corrected chi connectivity index (χ3v) is 5.89. The van der Waals surface area contributed by atoms with E-state index in [1.165, 1.54) is 0 Å². The normalized spacial score (nSPS) is 13.8. The van der Waals surface area contributed by atoms with E-state index >= 15 is 0 Å². The van der Waals surface area contributed by atoms with Crippen LogP contribution in [0.3, 0.4) is 0 Å². The Bertz CT molecular complexity index is 490. The maximum Gasteiger partial charge on any atom is 0.287 e. The van der Waals surface area contributed by atoms with Gasteiger partial charge in [0, 0.05) is 5.75 Å². The average molecular weight is 273 g/mol. The van der Waals surface area contributed by atoms with E-state index in [0.717, 1.165) is 24.2 Å². The number of benzene rings is 1. The van der Waals surface area contributed by atoms with Gasteiger partial charge in [-0.05, 0) is 31.7 Å². The van der Waals surface area contributed by atoms with Crippen molar-refractivity contribution in [3.63, 3.8) is 0 Å². The van der Waals surface area contributed by atoms with E-state index in [2.05, 4.69) is 10.7 Å². The number of rotatable bonds is 5. The summed E-state index contributed by atoms with van der Waals surface area (Å²) in [6.45, 7) is 4.02. The molecule has 0 unspecified atom stereocenters. The van der Waals surface area contributed by atoms with Gasteiger partial charge >= 0.3 is 0 Å². The first kappa shape index (κ1) is 14.4. The molecule has 0 saturated heterocycles. The number of sulfonamides is 1. The molecule has 0 saturated carbocycles. The Hall–Kier alpha value is -0.680. The molecule has 0 aliphatic heterocycles. The number of aryl methyl sites for hydroxylation is 1. The molecule has 0 heterocycles. The Morgan fingerprint density at radius 1 is 1.24 bits per heavy atom. The smallest absolute Gasteiger partial charge is 0.199 e. The van der Waals surface area contributed by atoms with Crippen LogP contribution in [-0.4, -0.2) is 20.4 Å². The molecule has 1 rings (SSSR count). The van der Waals surface area contributed by atoms with Crippen LogP contribution < -0.4 is 0 Å². The van der Waals surface area contributed by atoms with Crippen molar-refractivity contribution >= 4 is 20.7 Å². The third kappa shape index (κ3) is 4.60. The van der Waals surface area contributed by atoms with Crippen molar-refractivity contribution in [3.05, 3.63) is 29.8 Å². The lowest BCUT2D eigenvalue weighted by Gasteiger charge is -2.03. The first-order valence-electron chi connectivity index (χ1n) is 5.63. The van der Waals surface area contributed by atoms with Crippen molar-refractivity contribution in [1.82, 2.24) is 0 Å². The van der Waals surface area contributed by atoms with Crippen LogP contribution in [0.25, 0.3) is 0 Å². The van der Waals surface area contributed by atoms with Crippen LogP contribution in [-0.2, 0) is 20.7 Å². The molecule has 0 fully saturated rings. The van der Waals surface area contributed by atoms with Gasteiger partial charge in [0.1, 0.15) is 0 Å². The second kappa shape index (κ2) is 6.31. The van der Waals surface area contributed by atoms with Crippen molar-refractivity contribution in [1.29, 1.82) is 0 Å². The molecule has 5 heteroatoms. The highest BCUT2D eigenvalue weighted by atomic mass is 32.3. The lowest BCUT2D eigenvalue weighted by atomic mass is 10.2. The highest BCUT2D eigenvalue weighted by molar-refractivity contribution is 7.99. The van der Waals surface area contributed by atoms with Gasteiger partial charge < -0.3 is 0 Å². The minimum atomic E-state index is -3.47. The van der Waals surface area contributed by atoms with Gasteiger partial charge in [0.05, 0.1) is 4.90 Å². The molecule has 0 radical (unpaired) electrons. The molecule has 0 N–H and O–H groups in total. The van der Waals surface area contributed by atoms with Crippen LogP contribution >= 0.6 is 0 Å². The molecule has 96 valence electrons. The number of unbranched alkanes of at least 4 members (excludes halogenated alkanes) is 1. The van der Waals surface area contributed by atoms with Crippen LogP contribution in [0, 0.1) is 6.92 Å². The second-order valence-electron chi connectivity index (χ2n) is 4.02. The minimum absolute atomic E-state index is 0.291. The molecule has 1 aromatic rings. The molecule has 1 atom stereocenters. The van der Waals surface area contributed by atoms with E-state index in [1.807, 2.05) is 13.2 Å². The number of hydrogen-bond acceptors (Lipinski definition) is 2. The second-order valence-corrected chi connectivity index (χ2v) is 7.65. The summed E-state index contributed by atoms with van der Waals surface area (Å²) >= 11 is 0. The Morgan fingerprint density at radius 3 is 2.35 bits per heavy atom. The summed E-state index contributed by atoms with van der Waals surface area (Å²) in [6.07, 6.45) is 3.96. The van der Waals surface area contributed by atoms with E-state index < -0.39 is 20.7 Å². The van der Waals surface area contributed by atoms with Gasteiger partial charge in [0.2, 0.25) is 0 Å². The van der Waals surface area contributed by atoms with Crippen LogP contribution in [0.5, 0.6) is 0 Å². The molecule has 1 aromatic carbocycles. The molecule has 0 amide bonds. The monoisotopic (exact) mass is 273 g/mol. The Kier molecular flexibility index (Phi) is 5.33. The third-order valence-electron chi connectivity index (χ3n) is 2.34. The Labute approximate surface area is 106 Å². The molecule has 0 aliphatic carbocycles. The topological polar surface area (TPSA) is 46.5 Å². The van der Waals surface area contributed by atoms with Gasteiger partial charge in [0.25, 0.3) is 10.0 Å². The lowest BCUT2D eigenvalue weighted by Crippen LogP contribution is -2.02. The summed E-state index contributed by atoms with van der Waals surface area (Å²) in [5.74, 6) is 0.849. The molecule has 17 heavy (non-hydrogen) atoms. The fraction of sp³-hybridized carbons (Fsp3) is 0.500. The summed E-state index contributed by atoms with van der Waals surface area (Å²) in [4.78, 5) is 0.291. The standard InChI is InChI=1S/C12H19NO2S2/c1-4-5-10-16(3)13-17(14,15)12-8-6-11(2)7-9-12/h6-9H,4-5,10H2,1-3H3/t16-/m0/s1. The largest absolute Gasteiger partial charge is 0.287 e.